The molecular formula is C15H19N3O2. The lowest BCUT2D eigenvalue weighted by Crippen LogP contribution is -2.24. The quantitative estimate of drug-likeness (QED) is 0.847. The van der Waals surface area contributed by atoms with E-state index in [1.54, 1.807) is 12.4 Å². The zero-order valence-electron chi connectivity index (χ0n) is 11.8. The molecule has 0 saturated carbocycles. The minimum absolute atomic E-state index is 0.0502. The Morgan fingerprint density at radius 1 is 1.30 bits per heavy atom. The van der Waals surface area contributed by atoms with Gasteiger partial charge in [-0.15, -0.1) is 0 Å². The van der Waals surface area contributed by atoms with E-state index in [1.807, 2.05) is 26.0 Å². The van der Waals surface area contributed by atoms with Gasteiger partial charge in [-0.3, -0.25) is 4.79 Å². The molecule has 0 fully saturated rings. The van der Waals surface area contributed by atoms with E-state index in [1.165, 1.54) is 0 Å². The Hall–Kier alpha value is -2.30. The maximum Gasteiger partial charge on any atom is 0.223 e. The van der Waals surface area contributed by atoms with Gasteiger partial charge in [0.1, 0.15) is 11.6 Å². The maximum atomic E-state index is 11.6. The van der Waals surface area contributed by atoms with Crippen molar-refractivity contribution in [2.75, 3.05) is 6.61 Å². The van der Waals surface area contributed by atoms with Gasteiger partial charge in [-0.05, 0) is 37.1 Å². The molecule has 0 bridgehead atoms. The number of aromatic nitrogens is 2. The van der Waals surface area contributed by atoms with E-state index in [9.17, 15) is 4.79 Å². The van der Waals surface area contributed by atoms with Crippen molar-refractivity contribution in [1.29, 1.82) is 0 Å². The predicted octanol–water partition coefficient (Wildman–Crippen LogP) is 2.11. The Labute approximate surface area is 118 Å². The van der Waals surface area contributed by atoms with Crippen LogP contribution < -0.4 is 10.1 Å². The molecule has 0 spiro atoms. The number of amides is 1. The highest BCUT2D eigenvalue weighted by Gasteiger charge is 2.03. The summed E-state index contributed by atoms with van der Waals surface area (Å²) in [5.41, 5.74) is 2.31. The molecule has 0 aliphatic carbocycles. The summed E-state index contributed by atoms with van der Waals surface area (Å²) in [6, 6.07) is 6.02. The van der Waals surface area contributed by atoms with Crippen LogP contribution in [0.4, 0.5) is 0 Å². The lowest BCUT2D eigenvalue weighted by molar-refractivity contribution is -0.121. The number of carbonyl (C=O) groups is 1. The number of hydrogen-bond donors (Lipinski definition) is 2. The van der Waals surface area contributed by atoms with Gasteiger partial charge in [-0.2, -0.15) is 0 Å². The van der Waals surface area contributed by atoms with Crippen molar-refractivity contribution in [2.45, 2.75) is 26.8 Å². The van der Waals surface area contributed by atoms with E-state index in [4.69, 9.17) is 4.74 Å². The first-order valence-corrected chi connectivity index (χ1v) is 6.59. The molecule has 5 nitrogen and oxygen atoms in total. The van der Waals surface area contributed by atoms with Crippen LogP contribution in [0.15, 0.2) is 30.6 Å². The Kier molecular flexibility index (Phi) is 4.76. The van der Waals surface area contributed by atoms with Crippen LogP contribution >= 0.6 is 0 Å². The number of nitrogens with one attached hydrogen (secondary N) is 2. The zero-order chi connectivity index (χ0) is 14.4. The van der Waals surface area contributed by atoms with Crippen LogP contribution in [0.1, 0.15) is 23.4 Å². The molecule has 1 amide bonds. The number of imidazole rings is 1. The normalized spacial score (nSPS) is 10.3. The molecule has 0 saturated heterocycles. The molecule has 0 aliphatic heterocycles. The van der Waals surface area contributed by atoms with Gasteiger partial charge in [0.05, 0.1) is 19.6 Å². The molecule has 20 heavy (non-hydrogen) atoms. The molecule has 5 heteroatoms. The molecule has 106 valence electrons. The topological polar surface area (TPSA) is 67.0 Å². The molecular weight excluding hydrogens is 254 g/mol. The van der Waals surface area contributed by atoms with Crippen LogP contribution in [0.25, 0.3) is 0 Å². The smallest absolute Gasteiger partial charge is 0.223 e. The minimum Gasteiger partial charge on any atom is -0.493 e. The number of nitrogens with zero attached hydrogens (tertiary/aromatic N) is 1. The summed E-state index contributed by atoms with van der Waals surface area (Å²) in [6.45, 7) is 4.83. The molecule has 0 aliphatic rings. The van der Waals surface area contributed by atoms with Crippen LogP contribution in [0.2, 0.25) is 0 Å². The van der Waals surface area contributed by atoms with Gasteiger partial charge in [0.25, 0.3) is 0 Å². The molecule has 2 rings (SSSR count). The SMILES string of the molecule is Cc1cc(C)cc(OCCC(=O)NCc2ncc[nH]2)c1. The van der Waals surface area contributed by atoms with Crippen LogP contribution in [-0.2, 0) is 11.3 Å². The fourth-order valence-electron chi connectivity index (χ4n) is 1.94. The highest BCUT2D eigenvalue weighted by Crippen LogP contribution is 2.16. The number of rotatable bonds is 6. The molecule has 2 aromatic rings. The Bertz CT molecular complexity index is 544. The van der Waals surface area contributed by atoms with Gasteiger partial charge in [-0.1, -0.05) is 6.07 Å². The van der Waals surface area contributed by atoms with E-state index < -0.39 is 0 Å². The molecule has 0 radical (unpaired) electrons. The Balaban J connectivity index is 1.71. The van der Waals surface area contributed by atoms with E-state index in [2.05, 4.69) is 21.4 Å². The van der Waals surface area contributed by atoms with Crippen molar-refractivity contribution >= 4 is 5.91 Å². The van der Waals surface area contributed by atoms with Gasteiger partial charge in [0, 0.05) is 12.4 Å². The monoisotopic (exact) mass is 273 g/mol. The fraction of sp³-hybridized carbons (Fsp3) is 0.333. The largest absolute Gasteiger partial charge is 0.493 e. The van der Waals surface area contributed by atoms with Crippen LogP contribution in [0.5, 0.6) is 5.75 Å². The standard InChI is InChI=1S/C15H19N3O2/c1-11-7-12(2)9-13(8-11)20-6-3-15(19)18-10-14-16-4-5-17-14/h4-5,7-9H,3,6,10H2,1-2H3,(H,16,17)(H,18,19). The summed E-state index contributed by atoms with van der Waals surface area (Å²) in [6.07, 6.45) is 3.71. The number of benzene rings is 1. The molecule has 1 aromatic heterocycles. The summed E-state index contributed by atoms with van der Waals surface area (Å²) in [4.78, 5) is 18.6. The molecule has 1 aromatic carbocycles. The Morgan fingerprint density at radius 2 is 2.05 bits per heavy atom. The first-order valence-electron chi connectivity index (χ1n) is 6.59. The van der Waals surface area contributed by atoms with E-state index in [0.717, 1.165) is 22.7 Å². The Morgan fingerprint density at radius 3 is 2.70 bits per heavy atom. The third kappa shape index (κ3) is 4.42. The van der Waals surface area contributed by atoms with E-state index in [0.29, 0.717) is 19.6 Å². The highest BCUT2D eigenvalue weighted by atomic mass is 16.5. The molecule has 0 unspecified atom stereocenters. The van der Waals surface area contributed by atoms with Crippen molar-refractivity contribution in [1.82, 2.24) is 15.3 Å². The van der Waals surface area contributed by atoms with Crippen molar-refractivity contribution < 1.29 is 9.53 Å². The second-order valence-electron chi connectivity index (χ2n) is 4.73. The number of aromatic amines is 1. The molecule has 0 atom stereocenters. The number of ether oxygens (including phenoxy) is 1. The number of aryl methyl sites for hydroxylation is 2. The van der Waals surface area contributed by atoms with Crippen LogP contribution in [-0.4, -0.2) is 22.5 Å². The number of H-pyrrole nitrogens is 1. The molecule has 1 heterocycles. The zero-order valence-corrected chi connectivity index (χ0v) is 11.8. The van der Waals surface area contributed by atoms with E-state index in [-0.39, 0.29) is 5.91 Å². The third-order valence-corrected chi connectivity index (χ3v) is 2.80. The fourth-order valence-corrected chi connectivity index (χ4v) is 1.94. The minimum atomic E-state index is -0.0502. The van der Waals surface area contributed by atoms with Crippen molar-refractivity contribution in [2.24, 2.45) is 0 Å². The number of hydrogen-bond acceptors (Lipinski definition) is 3. The summed E-state index contributed by atoms with van der Waals surface area (Å²) < 4.78 is 5.59. The average molecular weight is 273 g/mol. The first kappa shape index (κ1) is 14.1. The average Bonchev–Trinajstić information content (AvgIpc) is 2.88. The summed E-state index contributed by atoms with van der Waals surface area (Å²) in [5, 5.41) is 2.78. The first-order chi connectivity index (χ1) is 9.63. The van der Waals surface area contributed by atoms with Gasteiger partial charge in [0.2, 0.25) is 5.91 Å². The predicted molar refractivity (Wildman–Crippen MR) is 76.5 cm³/mol. The number of carbonyl (C=O) groups excluding carboxylic acids is 1. The van der Waals surface area contributed by atoms with Crippen molar-refractivity contribution in [3.05, 3.63) is 47.5 Å². The van der Waals surface area contributed by atoms with Crippen molar-refractivity contribution in [3.63, 3.8) is 0 Å². The van der Waals surface area contributed by atoms with E-state index >= 15 is 0 Å². The third-order valence-electron chi connectivity index (χ3n) is 2.80. The van der Waals surface area contributed by atoms with Crippen molar-refractivity contribution in [3.8, 4) is 5.75 Å². The van der Waals surface area contributed by atoms with Crippen LogP contribution in [0.3, 0.4) is 0 Å². The summed E-state index contributed by atoms with van der Waals surface area (Å²) in [5.74, 6) is 1.50. The second kappa shape index (κ2) is 6.75. The lowest BCUT2D eigenvalue weighted by atomic mass is 10.1. The summed E-state index contributed by atoms with van der Waals surface area (Å²) >= 11 is 0. The lowest BCUT2D eigenvalue weighted by Gasteiger charge is -2.08. The second-order valence-corrected chi connectivity index (χ2v) is 4.73. The van der Waals surface area contributed by atoms with Gasteiger partial charge < -0.3 is 15.0 Å². The van der Waals surface area contributed by atoms with Crippen LogP contribution in [0, 0.1) is 13.8 Å². The van der Waals surface area contributed by atoms with Gasteiger partial charge in [-0.25, -0.2) is 4.98 Å². The molecule has 2 N–H and O–H groups in total. The highest BCUT2D eigenvalue weighted by molar-refractivity contribution is 5.75. The summed E-state index contributed by atoms with van der Waals surface area (Å²) in [7, 11) is 0. The van der Waals surface area contributed by atoms with Gasteiger partial charge in [0.15, 0.2) is 0 Å². The maximum absolute atomic E-state index is 11.6. The van der Waals surface area contributed by atoms with Gasteiger partial charge >= 0.3 is 0 Å².